The van der Waals surface area contributed by atoms with E-state index in [2.05, 4.69) is 4.98 Å². The van der Waals surface area contributed by atoms with E-state index < -0.39 is 0 Å². The molecule has 1 aromatic heterocycles. The predicted octanol–water partition coefficient (Wildman–Crippen LogP) is 2.32. The summed E-state index contributed by atoms with van der Waals surface area (Å²) >= 11 is 5.63. The molecule has 0 saturated heterocycles. The second kappa shape index (κ2) is 4.72. The molecule has 0 fully saturated rings. The van der Waals surface area contributed by atoms with Gasteiger partial charge in [0, 0.05) is 17.4 Å². The summed E-state index contributed by atoms with van der Waals surface area (Å²) in [6.45, 7) is 2.55. The van der Waals surface area contributed by atoms with E-state index >= 15 is 0 Å². The average molecular weight is 199 g/mol. The third-order valence-corrected chi connectivity index (χ3v) is 1.65. The van der Waals surface area contributed by atoms with Gasteiger partial charge >= 0.3 is 0 Å². The molecule has 70 valence electrons. The van der Waals surface area contributed by atoms with E-state index in [-0.39, 0.29) is 0 Å². The van der Waals surface area contributed by atoms with Gasteiger partial charge in [-0.15, -0.1) is 0 Å². The first-order valence-electron chi connectivity index (χ1n) is 3.93. The van der Waals surface area contributed by atoms with E-state index in [1.165, 1.54) is 0 Å². The maximum absolute atomic E-state index is 5.67. The lowest BCUT2D eigenvalue weighted by Crippen LogP contribution is -1.90. The van der Waals surface area contributed by atoms with Crippen LogP contribution in [0.1, 0.15) is 12.5 Å². The number of ether oxygens (including phenoxy) is 1. The lowest BCUT2D eigenvalue weighted by atomic mass is 10.2. The van der Waals surface area contributed by atoms with Crippen LogP contribution in [0, 0.1) is 0 Å². The van der Waals surface area contributed by atoms with Crippen molar-refractivity contribution in [2.75, 3.05) is 12.3 Å². The summed E-state index contributed by atoms with van der Waals surface area (Å²) in [5.74, 6) is 0. The van der Waals surface area contributed by atoms with Crippen LogP contribution in [0.4, 0.5) is 5.69 Å². The zero-order valence-corrected chi connectivity index (χ0v) is 8.08. The van der Waals surface area contributed by atoms with E-state index in [1.807, 2.05) is 6.92 Å². The summed E-state index contributed by atoms with van der Waals surface area (Å²) in [5, 5.41) is 0.394. The van der Waals surface area contributed by atoms with Crippen LogP contribution in [-0.2, 0) is 4.74 Å². The average Bonchev–Trinajstić information content (AvgIpc) is 2.09. The van der Waals surface area contributed by atoms with E-state index in [1.54, 1.807) is 24.6 Å². The number of aromatic nitrogens is 1. The minimum atomic E-state index is 0.394. The summed E-state index contributed by atoms with van der Waals surface area (Å²) < 4.78 is 5.03. The number of pyridine rings is 1. The zero-order valence-electron chi connectivity index (χ0n) is 7.33. The molecule has 0 spiro atoms. The van der Waals surface area contributed by atoms with Gasteiger partial charge in [-0.25, -0.2) is 4.98 Å². The first-order valence-corrected chi connectivity index (χ1v) is 4.31. The molecule has 1 aromatic rings. The molecule has 0 atom stereocenters. The molecule has 0 bridgehead atoms. The minimum absolute atomic E-state index is 0.394. The van der Waals surface area contributed by atoms with Crippen LogP contribution >= 0.6 is 11.6 Å². The van der Waals surface area contributed by atoms with Crippen LogP contribution in [0.5, 0.6) is 0 Å². The number of rotatable bonds is 3. The van der Waals surface area contributed by atoms with Gasteiger partial charge in [-0.3, -0.25) is 0 Å². The first-order chi connectivity index (χ1) is 6.24. The Morgan fingerprint density at radius 3 is 3.08 bits per heavy atom. The van der Waals surface area contributed by atoms with Crippen LogP contribution in [-0.4, -0.2) is 11.6 Å². The number of nitrogens with zero attached hydrogens (tertiary/aromatic N) is 1. The lowest BCUT2D eigenvalue weighted by molar-refractivity contribution is 0.272. The topological polar surface area (TPSA) is 48.1 Å². The van der Waals surface area contributed by atoms with Crippen LogP contribution in [0.3, 0.4) is 0 Å². The number of nitrogens with two attached hydrogens (primary N) is 1. The molecular formula is C9H11ClN2O. The molecule has 0 aliphatic rings. The highest BCUT2D eigenvalue weighted by atomic mass is 35.5. The van der Waals surface area contributed by atoms with Crippen molar-refractivity contribution in [1.82, 2.24) is 4.98 Å². The molecular weight excluding hydrogens is 188 g/mol. The van der Waals surface area contributed by atoms with Crippen molar-refractivity contribution in [3.05, 3.63) is 29.2 Å². The molecule has 0 aromatic carbocycles. The number of hydrogen-bond acceptors (Lipinski definition) is 3. The van der Waals surface area contributed by atoms with Crippen molar-refractivity contribution >= 4 is 23.4 Å². The SMILES string of the molecule is CCO/C=C/c1cnc(Cl)cc1N. The molecule has 0 unspecified atom stereocenters. The molecule has 0 aliphatic carbocycles. The fraction of sp³-hybridized carbons (Fsp3) is 0.222. The van der Waals surface area contributed by atoms with Gasteiger partial charge in [0.25, 0.3) is 0 Å². The van der Waals surface area contributed by atoms with Crippen LogP contribution < -0.4 is 5.73 Å². The van der Waals surface area contributed by atoms with Crippen molar-refractivity contribution in [2.45, 2.75) is 6.92 Å². The third kappa shape index (κ3) is 2.95. The highest BCUT2D eigenvalue weighted by Crippen LogP contribution is 2.16. The van der Waals surface area contributed by atoms with Gasteiger partial charge in [-0.2, -0.15) is 0 Å². The molecule has 1 rings (SSSR count). The lowest BCUT2D eigenvalue weighted by Gasteiger charge is -1.99. The molecule has 0 saturated carbocycles. The van der Waals surface area contributed by atoms with E-state index in [9.17, 15) is 0 Å². The molecule has 3 nitrogen and oxygen atoms in total. The second-order valence-corrected chi connectivity index (χ2v) is 2.78. The molecule has 0 amide bonds. The van der Waals surface area contributed by atoms with Crippen molar-refractivity contribution < 1.29 is 4.74 Å². The number of halogens is 1. The largest absolute Gasteiger partial charge is 0.501 e. The summed E-state index contributed by atoms with van der Waals surface area (Å²) in [7, 11) is 0. The van der Waals surface area contributed by atoms with Crippen LogP contribution in [0.2, 0.25) is 5.15 Å². The monoisotopic (exact) mass is 198 g/mol. The molecule has 2 N–H and O–H groups in total. The summed E-state index contributed by atoms with van der Waals surface area (Å²) in [5.41, 5.74) is 7.07. The van der Waals surface area contributed by atoms with Crippen molar-refractivity contribution in [3.63, 3.8) is 0 Å². The van der Waals surface area contributed by atoms with Gasteiger partial charge in [0.05, 0.1) is 12.9 Å². The van der Waals surface area contributed by atoms with Gasteiger partial charge < -0.3 is 10.5 Å². The van der Waals surface area contributed by atoms with Gasteiger partial charge in [-0.05, 0) is 19.1 Å². The maximum Gasteiger partial charge on any atom is 0.131 e. The Labute approximate surface area is 82.2 Å². The van der Waals surface area contributed by atoms with Crippen molar-refractivity contribution in [1.29, 1.82) is 0 Å². The molecule has 4 heteroatoms. The Hall–Kier alpha value is -1.22. The zero-order chi connectivity index (χ0) is 9.68. The smallest absolute Gasteiger partial charge is 0.131 e. The molecule has 1 heterocycles. The van der Waals surface area contributed by atoms with Gasteiger partial charge in [0.1, 0.15) is 5.15 Å². The summed E-state index contributed by atoms with van der Waals surface area (Å²) in [6.07, 6.45) is 4.94. The highest BCUT2D eigenvalue weighted by Gasteiger charge is 1.96. The predicted molar refractivity (Wildman–Crippen MR) is 54.3 cm³/mol. The number of hydrogen-bond donors (Lipinski definition) is 1. The van der Waals surface area contributed by atoms with E-state index in [4.69, 9.17) is 22.1 Å². The Balaban J connectivity index is 2.77. The number of nitrogen functional groups attached to an aromatic ring is 1. The third-order valence-electron chi connectivity index (χ3n) is 1.45. The van der Waals surface area contributed by atoms with Gasteiger partial charge in [0.15, 0.2) is 0 Å². The summed E-state index contributed by atoms with van der Waals surface area (Å²) in [4.78, 5) is 3.90. The molecule has 13 heavy (non-hydrogen) atoms. The van der Waals surface area contributed by atoms with Crippen LogP contribution in [0.15, 0.2) is 18.5 Å². The minimum Gasteiger partial charge on any atom is -0.501 e. The van der Waals surface area contributed by atoms with Gasteiger partial charge in [-0.1, -0.05) is 11.6 Å². The summed E-state index contributed by atoms with van der Waals surface area (Å²) in [6, 6.07) is 1.60. The van der Waals surface area contributed by atoms with Gasteiger partial charge in [0.2, 0.25) is 0 Å². The molecule has 0 aliphatic heterocycles. The fourth-order valence-electron chi connectivity index (χ4n) is 0.812. The van der Waals surface area contributed by atoms with Crippen molar-refractivity contribution in [3.8, 4) is 0 Å². The quantitative estimate of drug-likeness (QED) is 0.599. The highest BCUT2D eigenvalue weighted by molar-refractivity contribution is 6.29. The van der Waals surface area contributed by atoms with Crippen LogP contribution in [0.25, 0.3) is 6.08 Å². The maximum atomic E-state index is 5.67. The Morgan fingerprint density at radius 2 is 2.46 bits per heavy atom. The number of anilines is 1. The standard InChI is InChI=1S/C9H11ClN2O/c1-2-13-4-3-7-6-12-9(10)5-8(7)11/h3-6H,2H2,1H3,(H2,11,12)/b4-3+. The van der Waals surface area contributed by atoms with E-state index in [0.717, 1.165) is 5.56 Å². The fourth-order valence-corrected chi connectivity index (χ4v) is 0.978. The Bertz CT molecular complexity index is 312. The molecule has 0 radical (unpaired) electrons. The Kier molecular flexibility index (Phi) is 3.58. The first kappa shape index (κ1) is 9.86. The Morgan fingerprint density at radius 1 is 1.69 bits per heavy atom. The van der Waals surface area contributed by atoms with Crippen molar-refractivity contribution in [2.24, 2.45) is 0 Å². The second-order valence-electron chi connectivity index (χ2n) is 2.39. The normalized spacial score (nSPS) is 10.6. The van der Waals surface area contributed by atoms with E-state index in [0.29, 0.717) is 17.4 Å².